The molecule has 0 saturated heterocycles. The third kappa shape index (κ3) is 3.19. The lowest BCUT2D eigenvalue weighted by Crippen LogP contribution is -2.27. The van der Waals surface area contributed by atoms with Gasteiger partial charge in [-0.2, -0.15) is 0 Å². The van der Waals surface area contributed by atoms with Gasteiger partial charge in [0, 0.05) is 18.3 Å². The molecule has 0 bridgehead atoms. The average Bonchev–Trinajstić information content (AvgIpc) is 2.19. The van der Waals surface area contributed by atoms with Gasteiger partial charge in [0.2, 0.25) is 0 Å². The molecule has 17 heavy (non-hydrogen) atoms. The van der Waals surface area contributed by atoms with Crippen molar-refractivity contribution >= 4 is 5.97 Å². The van der Waals surface area contributed by atoms with E-state index in [2.05, 4.69) is 0 Å². The summed E-state index contributed by atoms with van der Waals surface area (Å²) in [7, 11) is 0. The summed E-state index contributed by atoms with van der Waals surface area (Å²) < 4.78 is 1.67. The van der Waals surface area contributed by atoms with Gasteiger partial charge in [-0.3, -0.25) is 4.79 Å². The topological polar surface area (TPSA) is 59.3 Å². The summed E-state index contributed by atoms with van der Waals surface area (Å²) in [6.07, 6.45) is 0. The molecule has 0 fully saturated rings. The molecule has 1 N–H and O–H groups in total. The average molecular weight is 237 g/mol. The molecule has 0 aliphatic rings. The van der Waals surface area contributed by atoms with E-state index in [4.69, 9.17) is 5.11 Å². The summed E-state index contributed by atoms with van der Waals surface area (Å²) in [5, 5.41) is 8.94. The van der Waals surface area contributed by atoms with Crippen molar-refractivity contribution in [2.45, 2.75) is 40.2 Å². The standard InChI is InChI=1S/C13H19NO3/c1-8(2)7-14-11(9(3)4)5-10(13(16)17)6-12(14)15/h5-6,8-9H,7H2,1-4H3,(H,16,17). The fourth-order valence-electron chi connectivity index (χ4n) is 1.78. The van der Waals surface area contributed by atoms with E-state index in [1.165, 1.54) is 6.07 Å². The van der Waals surface area contributed by atoms with E-state index in [9.17, 15) is 9.59 Å². The zero-order valence-electron chi connectivity index (χ0n) is 10.7. The molecule has 0 atom stereocenters. The fraction of sp³-hybridized carbons (Fsp3) is 0.538. The smallest absolute Gasteiger partial charge is 0.335 e. The number of hydrogen-bond donors (Lipinski definition) is 1. The van der Waals surface area contributed by atoms with Gasteiger partial charge in [-0.05, 0) is 17.9 Å². The molecular weight excluding hydrogens is 218 g/mol. The SMILES string of the molecule is CC(C)Cn1c(C(C)C)cc(C(=O)O)cc1=O. The Labute approximate surface area is 101 Å². The molecule has 0 amide bonds. The van der Waals surface area contributed by atoms with E-state index < -0.39 is 5.97 Å². The molecule has 0 unspecified atom stereocenters. The molecule has 0 spiro atoms. The van der Waals surface area contributed by atoms with Crippen molar-refractivity contribution in [1.82, 2.24) is 4.57 Å². The Hall–Kier alpha value is -1.58. The van der Waals surface area contributed by atoms with Crippen LogP contribution in [0.3, 0.4) is 0 Å². The van der Waals surface area contributed by atoms with Gasteiger partial charge in [-0.15, -0.1) is 0 Å². The number of carboxylic acids is 1. The minimum Gasteiger partial charge on any atom is -0.478 e. The fourth-order valence-corrected chi connectivity index (χ4v) is 1.78. The molecule has 1 aromatic heterocycles. The highest BCUT2D eigenvalue weighted by Crippen LogP contribution is 2.15. The van der Waals surface area contributed by atoms with E-state index in [1.54, 1.807) is 10.6 Å². The first-order valence-corrected chi connectivity index (χ1v) is 5.81. The summed E-state index contributed by atoms with van der Waals surface area (Å²) in [6.45, 7) is 8.59. The summed E-state index contributed by atoms with van der Waals surface area (Å²) in [4.78, 5) is 22.8. The number of rotatable bonds is 4. The molecule has 0 aliphatic carbocycles. The number of aromatic nitrogens is 1. The van der Waals surface area contributed by atoms with Crippen LogP contribution in [0.15, 0.2) is 16.9 Å². The summed E-state index contributed by atoms with van der Waals surface area (Å²) in [5.74, 6) is -0.581. The zero-order chi connectivity index (χ0) is 13.2. The minimum absolute atomic E-state index is 0.0682. The van der Waals surface area contributed by atoms with E-state index in [0.717, 1.165) is 5.69 Å². The normalized spacial score (nSPS) is 11.2. The Morgan fingerprint density at radius 1 is 1.29 bits per heavy atom. The van der Waals surface area contributed by atoms with Crippen LogP contribution in [0, 0.1) is 5.92 Å². The summed E-state index contributed by atoms with van der Waals surface area (Å²) >= 11 is 0. The van der Waals surface area contributed by atoms with Gasteiger partial charge in [-0.25, -0.2) is 4.79 Å². The molecule has 4 heteroatoms. The molecule has 0 saturated carbocycles. The Morgan fingerprint density at radius 2 is 1.88 bits per heavy atom. The zero-order valence-corrected chi connectivity index (χ0v) is 10.7. The van der Waals surface area contributed by atoms with Gasteiger partial charge in [0.25, 0.3) is 5.56 Å². The third-order valence-electron chi connectivity index (χ3n) is 2.55. The molecule has 94 valence electrons. The van der Waals surface area contributed by atoms with Gasteiger partial charge in [-0.1, -0.05) is 27.7 Å². The first-order chi connectivity index (χ1) is 7.82. The van der Waals surface area contributed by atoms with Gasteiger partial charge < -0.3 is 9.67 Å². The number of carbonyl (C=O) groups is 1. The number of carboxylic acid groups (broad SMARTS) is 1. The van der Waals surface area contributed by atoms with E-state index >= 15 is 0 Å². The van der Waals surface area contributed by atoms with Gasteiger partial charge >= 0.3 is 5.97 Å². The Balaban J connectivity index is 3.38. The highest BCUT2D eigenvalue weighted by atomic mass is 16.4. The van der Waals surface area contributed by atoms with Crippen molar-refractivity contribution in [2.24, 2.45) is 5.92 Å². The van der Waals surface area contributed by atoms with Crippen molar-refractivity contribution in [3.8, 4) is 0 Å². The monoisotopic (exact) mass is 237 g/mol. The summed E-state index contributed by atoms with van der Waals surface area (Å²) in [5.41, 5.74) is 0.615. The quantitative estimate of drug-likeness (QED) is 0.874. The third-order valence-corrected chi connectivity index (χ3v) is 2.55. The first-order valence-electron chi connectivity index (χ1n) is 5.81. The number of hydrogen-bond acceptors (Lipinski definition) is 2. The lowest BCUT2D eigenvalue weighted by molar-refractivity contribution is 0.0696. The second kappa shape index (κ2) is 5.17. The van der Waals surface area contributed by atoms with E-state index in [1.807, 2.05) is 27.7 Å². The van der Waals surface area contributed by atoms with Crippen LogP contribution in [0.5, 0.6) is 0 Å². The van der Waals surface area contributed by atoms with Crippen molar-refractivity contribution in [1.29, 1.82) is 0 Å². The second-order valence-corrected chi connectivity index (χ2v) is 4.97. The minimum atomic E-state index is -1.05. The molecule has 1 heterocycles. The predicted octanol–water partition coefficient (Wildman–Crippen LogP) is 2.33. The van der Waals surface area contributed by atoms with Crippen molar-refractivity contribution < 1.29 is 9.90 Å². The molecule has 1 aromatic rings. The molecule has 0 aliphatic heterocycles. The van der Waals surface area contributed by atoms with Crippen LogP contribution in [-0.2, 0) is 6.54 Å². The molecule has 0 aromatic carbocycles. The van der Waals surface area contributed by atoms with Gasteiger partial charge in [0.05, 0.1) is 5.56 Å². The van der Waals surface area contributed by atoms with E-state index in [-0.39, 0.29) is 17.0 Å². The van der Waals surface area contributed by atoms with Gasteiger partial charge in [0.1, 0.15) is 0 Å². The number of pyridine rings is 1. The summed E-state index contributed by atoms with van der Waals surface area (Å²) in [6, 6.07) is 2.79. The van der Waals surface area contributed by atoms with Crippen LogP contribution < -0.4 is 5.56 Å². The van der Waals surface area contributed by atoms with Crippen LogP contribution in [0.2, 0.25) is 0 Å². The van der Waals surface area contributed by atoms with Crippen LogP contribution in [0.1, 0.15) is 49.7 Å². The largest absolute Gasteiger partial charge is 0.478 e. The predicted molar refractivity (Wildman–Crippen MR) is 66.6 cm³/mol. The molecular formula is C13H19NO3. The lowest BCUT2D eigenvalue weighted by Gasteiger charge is -2.17. The van der Waals surface area contributed by atoms with Crippen molar-refractivity contribution in [2.75, 3.05) is 0 Å². The second-order valence-electron chi connectivity index (χ2n) is 4.97. The Kier molecular flexibility index (Phi) is 4.10. The number of nitrogens with zero attached hydrogens (tertiary/aromatic N) is 1. The van der Waals surface area contributed by atoms with E-state index in [0.29, 0.717) is 12.5 Å². The number of aromatic carboxylic acids is 1. The van der Waals surface area contributed by atoms with Crippen LogP contribution >= 0.6 is 0 Å². The van der Waals surface area contributed by atoms with Crippen LogP contribution in [-0.4, -0.2) is 15.6 Å². The van der Waals surface area contributed by atoms with Crippen molar-refractivity contribution in [3.05, 3.63) is 33.7 Å². The first kappa shape index (κ1) is 13.5. The Bertz CT molecular complexity index is 472. The van der Waals surface area contributed by atoms with Crippen LogP contribution in [0.4, 0.5) is 0 Å². The maximum Gasteiger partial charge on any atom is 0.335 e. The molecule has 0 radical (unpaired) electrons. The van der Waals surface area contributed by atoms with Crippen molar-refractivity contribution in [3.63, 3.8) is 0 Å². The highest BCUT2D eigenvalue weighted by molar-refractivity contribution is 5.87. The van der Waals surface area contributed by atoms with Crippen LogP contribution in [0.25, 0.3) is 0 Å². The maximum absolute atomic E-state index is 11.9. The molecule has 4 nitrogen and oxygen atoms in total. The Morgan fingerprint density at radius 3 is 2.29 bits per heavy atom. The van der Waals surface area contributed by atoms with Gasteiger partial charge in [0.15, 0.2) is 0 Å². The maximum atomic E-state index is 11.9. The highest BCUT2D eigenvalue weighted by Gasteiger charge is 2.14. The lowest BCUT2D eigenvalue weighted by atomic mass is 10.1. The molecule has 1 rings (SSSR count).